The molecule has 1 saturated heterocycles. The summed E-state index contributed by atoms with van der Waals surface area (Å²) >= 11 is 0. The van der Waals surface area contributed by atoms with Gasteiger partial charge >= 0.3 is 6.18 Å². The molecule has 2 rings (SSSR count). The van der Waals surface area contributed by atoms with Crippen LogP contribution in [-0.2, 0) is 11.0 Å². The Morgan fingerprint density at radius 1 is 1.42 bits per heavy atom. The molecule has 1 aromatic heterocycles. The van der Waals surface area contributed by atoms with E-state index >= 15 is 0 Å². The molecule has 1 N–H and O–H groups in total. The molecule has 1 fully saturated rings. The number of carbonyl (C=O) groups excluding carboxylic acids is 1. The number of alkyl halides is 3. The van der Waals surface area contributed by atoms with Crippen molar-refractivity contribution >= 4 is 5.91 Å². The van der Waals surface area contributed by atoms with E-state index in [0.717, 1.165) is 32.0 Å². The zero-order chi connectivity index (χ0) is 19.4. The minimum absolute atomic E-state index is 0.110. The lowest BCUT2D eigenvalue weighted by Gasteiger charge is -2.28. The summed E-state index contributed by atoms with van der Waals surface area (Å²) in [5, 5.41) is 2.86. The van der Waals surface area contributed by atoms with Gasteiger partial charge in [0.1, 0.15) is 12.2 Å². The van der Waals surface area contributed by atoms with Crippen molar-refractivity contribution in [2.24, 2.45) is 0 Å². The van der Waals surface area contributed by atoms with Gasteiger partial charge in [-0.15, -0.1) is 0 Å². The van der Waals surface area contributed by atoms with Crippen LogP contribution in [-0.4, -0.2) is 47.1 Å². The second-order valence-electron chi connectivity index (χ2n) is 7.20. The summed E-state index contributed by atoms with van der Waals surface area (Å²) in [7, 11) is 0. The second kappa shape index (κ2) is 8.24. The number of nitrogens with zero attached hydrogens (tertiary/aromatic N) is 2. The van der Waals surface area contributed by atoms with Gasteiger partial charge in [0, 0.05) is 18.7 Å². The quantitative estimate of drug-likeness (QED) is 0.797. The molecular weight excluding hydrogens is 347 g/mol. The van der Waals surface area contributed by atoms with E-state index < -0.39 is 23.2 Å². The van der Waals surface area contributed by atoms with Crippen molar-refractivity contribution < 1.29 is 22.7 Å². The first-order chi connectivity index (χ1) is 12.1. The van der Waals surface area contributed by atoms with Gasteiger partial charge < -0.3 is 15.0 Å². The van der Waals surface area contributed by atoms with E-state index in [4.69, 9.17) is 4.74 Å². The molecule has 5 nitrogen and oxygen atoms in total. The highest BCUT2D eigenvalue weighted by Gasteiger charge is 2.36. The minimum Gasteiger partial charge on any atom is -0.475 e. The normalized spacial score (nSPS) is 18.8. The predicted octanol–water partition coefficient (Wildman–Crippen LogP) is 3.25. The highest BCUT2D eigenvalue weighted by Crippen LogP contribution is 2.34. The Morgan fingerprint density at radius 3 is 2.81 bits per heavy atom. The fourth-order valence-electron chi connectivity index (χ4n) is 3.19. The van der Waals surface area contributed by atoms with Crippen LogP contribution in [0.15, 0.2) is 18.3 Å². The molecule has 1 aromatic rings. The molecule has 0 aromatic carbocycles. The van der Waals surface area contributed by atoms with Crippen LogP contribution in [0.25, 0.3) is 0 Å². The van der Waals surface area contributed by atoms with Crippen LogP contribution in [0.5, 0.6) is 5.88 Å². The maximum absolute atomic E-state index is 13.0. The molecule has 0 bridgehead atoms. The largest absolute Gasteiger partial charge is 0.475 e. The number of likely N-dealkylation sites (tertiary alicyclic amines) is 1. The second-order valence-corrected chi connectivity index (χ2v) is 7.20. The van der Waals surface area contributed by atoms with Crippen LogP contribution in [0.3, 0.4) is 0 Å². The summed E-state index contributed by atoms with van der Waals surface area (Å²) in [4.78, 5) is 18.3. The van der Waals surface area contributed by atoms with Crippen LogP contribution in [0, 0.1) is 0 Å². The van der Waals surface area contributed by atoms with Gasteiger partial charge in [0.25, 0.3) is 0 Å². The molecule has 0 radical (unpaired) electrons. The van der Waals surface area contributed by atoms with Crippen LogP contribution >= 0.6 is 0 Å². The fourth-order valence-corrected chi connectivity index (χ4v) is 3.19. The van der Waals surface area contributed by atoms with Crippen molar-refractivity contribution in [3.05, 3.63) is 23.9 Å². The lowest BCUT2D eigenvalue weighted by molar-refractivity contribution is -0.139. The minimum atomic E-state index is -4.54. The van der Waals surface area contributed by atoms with E-state index in [2.05, 4.69) is 22.1 Å². The smallest absolute Gasteiger partial charge is 0.421 e. The summed E-state index contributed by atoms with van der Waals surface area (Å²) in [6.45, 7) is 7.30. The Hall–Kier alpha value is -1.83. The Labute approximate surface area is 151 Å². The van der Waals surface area contributed by atoms with E-state index in [1.165, 1.54) is 12.3 Å². The van der Waals surface area contributed by atoms with Gasteiger partial charge in [-0.3, -0.25) is 4.79 Å². The van der Waals surface area contributed by atoms with Crippen LogP contribution in [0.4, 0.5) is 13.2 Å². The topological polar surface area (TPSA) is 54.5 Å². The van der Waals surface area contributed by atoms with Crippen molar-refractivity contribution in [3.8, 4) is 5.88 Å². The standard InChI is InChI=1S/C18H26F3N3O2/c1-4-24-10-6-7-13(24)11-15(25)23-17(2,3)12-26-16-14(18(19,20)21)8-5-9-22-16/h5,8-9,13H,4,6-7,10-12H2,1-3H3,(H,23,25)/t13-/m1/s1. The van der Waals surface area contributed by atoms with E-state index in [0.29, 0.717) is 6.42 Å². The number of amides is 1. The fraction of sp³-hybridized carbons (Fsp3) is 0.667. The molecule has 0 saturated carbocycles. The van der Waals surface area contributed by atoms with Crippen molar-refractivity contribution in [1.82, 2.24) is 15.2 Å². The number of hydrogen-bond acceptors (Lipinski definition) is 4. The lowest BCUT2D eigenvalue weighted by Crippen LogP contribution is -2.49. The van der Waals surface area contributed by atoms with E-state index in [1.807, 2.05) is 0 Å². The van der Waals surface area contributed by atoms with Crippen LogP contribution < -0.4 is 10.1 Å². The summed E-state index contributed by atoms with van der Waals surface area (Å²) in [5.41, 5.74) is -1.74. The summed E-state index contributed by atoms with van der Waals surface area (Å²) in [5.74, 6) is -0.601. The van der Waals surface area contributed by atoms with Gasteiger partial charge in [0.15, 0.2) is 0 Å². The summed E-state index contributed by atoms with van der Waals surface area (Å²) in [6, 6.07) is 2.36. The highest BCUT2D eigenvalue weighted by molar-refractivity contribution is 5.77. The molecule has 1 aliphatic heterocycles. The zero-order valence-corrected chi connectivity index (χ0v) is 15.4. The molecular formula is C18H26F3N3O2. The molecule has 146 valence electrons. The third-order valence-electron chi connectivity index (χ3n) is 4.45. The molecule has 0 spiro atoms. The first-order valence-electron chi connectivity index (χ1n) is 8.82. The first kappa shape index (κ1) is 20.5. The van der Waals surface area contributed by atoms with Gasteiger partial charge in [-0.25, -0.2) is 4.98 Å². The third kappa shape index (κ3) is 5.59. The van der Waals surface area contributed by atoms with Gasteiger partial charge in [-0.1, -0.05) is 6.92 Å². The molecule has 0 aliphatic carbocycles. The number of nitrogens with one attached hydrogen (secondary N) is 1. The predicted molar refractivity (Wildman–Crippen MR) is 91.8 cm³/mol. The number of rotatable bonds is 7. The van der Waals surface area contributed by atoms with Crippen molar-refractivity contribution in [2.75, 3.05) is 19.7 Å². The summed E-state index contributed by atoms with van der Waals surface area (Å²) in [6.07, 6.45) is -0.841. The van der Waals surface area contributed by atoms with Crippen molar-refractivity contribution in [3.63, 3.8) is 0 Å². The van der Waals surface area contributed by atoms with Gasteiger partial charge in [0.05, 0.1) is 5.54 Å². The molecule has 2 heterocycles. The lowest BCUT2D eigenvalue weighted by atomic mass is 10.1. The van der Waals surface area contributed by atoms with Crippen molar-refractivity contribution in [1.29, 1.82) is 0 Å². The maximum Gasteiger partial charge on any atom is 0.421 e. The van der Waals surface area contributed by atoms with E-state index in [-0.39, 0.29) is 18.6 Å². The van der Waals surface area contributed by atoms with Gasteiger partial charge in [-0.05, 0) is 51.9 Å². The number of hydrogen-bond donors (Lipinski definition) is 1. The number of ether oxygens (including phenoxy) is 1. The molecule has 1 aliphatic rings. The van der Waals surface area contributed by atoms with Crippen LogP contribution in [0.2, 0.25) is 0 Å². The number of carbonyl (C=O) groups is 1. The van der Waals surface area contributed by atoms with Gasteiger partial charge in [0.2, 0.25) is 11.8 Å². The number of pyridine rings is 1. The Kier molecular flexibility index (Phi) is 6.49. The number of aromatic nitrogens is 1. The zero-order valence-electron chi connectivity index (χ0n) is 15.4. The maximum atomic E-state index is 13.0. The van der Waals surface area contributed by atoms with Crippen molar-refractivity contribution in [2.45, 2.75) is 57.8 Å². The molecule has 26 heavy (non-hydrogen) atoms. The van der Waals surface area contributed by atoms with Crippen LogP contribution in [0.1, 0.15) is 45.6 Å². The Balaban J connectivity index is 1.92. The SMILES string of the molecule is CCN1CCC[C@@H]1CC(=O)NC(C)(C)COc1ncccc1C(F)(F)F. The first-order valence-corrected chi connectivity index (χ1v) is 8.82. The Bertz CT molecular complexity index is 620. The molecule has 0 unspecified atom stereocenters. The monoisotopic (exact) mass is 373 g/mol. The highest BCUT2D eigenvalue weighted by atomic mass is 19.4. The average Bonchev–Trinajstić information content (AvgIpc) is 2.99. The van der Waals surface area contributed by atoms with Gasteiger partial charge in [-0.2, -0.15) is 13.2 Å². The average molecular weight is 373 g/mol. The molecule has 1 atom stereocenters. The summed E-state index contributed by atoms with van der Waals surface area (Å²) < 4.78 is 44.2. The molecule has 1 amide bonds. The Morgan fingerprint density at radius 2 is 2.15 bits per heavy atom. The van der Waals surface area contributed by atoms with E-state index in [9.17, 15) is 18.0 Å². The van der Waals surface area contributed by atoms with E-state index in [1.54, 1.807) is 13.8 Å². The third-order valence-corrected chi connectivity index (χ3v) is 4.45. The number of halogens is 3. The molecule has 8 heteroatoms.